The van der Waals surface area contributed by atoms with E-state index >= 15 is 0 Å². The van der Waals surface area contributed by atoms with Gasteiger partial charge in [0.1, 0.15) is 5.54 Å². The van der Waals surface area contributed by atoms with Crippen LogP contribution in [0.3, 0.4) is 0 Å². The van der Waals surface area contributed by atoms with Crippen LogP contribution in [0.2, 0.25) is 0 Å². The van der Waals surface area contributed by atoms with E-state index in [1.54, 1.807) is 0 Å². The molecule has 5 heteroatoms. The van der Waals surface area contributed by atoms with Gasteiger partial charge >= 0.3 is 0 Å². The zero-order valence-electron chi connectivity index (χ0n) is 16.8. The van der Waals surface area contributed by atoms with E-state index in [0.717, 1.165) is 57.6 Å². The van der Waals surface area contributed by atoms with Gasteiger partial charge in [-0.2, -0.15) is 0 Å². The molecule has 0 N–H and O–H groups in total. The van der Waals surface area contributed by atoms with Crippen molar-refractivity contribution in [1.82, 2.24) is 14.5 Å². The molecule has 28 heavy (non-hydrogen) atoms. The average molecular weight is 379 g/mol. The number of nitrogens with zero attached hydrogens (tertiary/aromatic N) is 4. The van der Waals surface area contributed by atoms with Crippen molar-refractivity contribution >= 4 is 11.6 Å². The van der Waals surface area contributed by atoms with Gasteiger partial charge in [-0.25, -0.2) is 4.98 Å². The average Bonchev–Trinajstić information content (AvgIpc) is 3.48. The third-order valence-corrected chi connectivity index (χ3v) is 7.03. The van der Waals surface area contributed by atoms with Crippen molar-refractivity contribution in [1.29, 1.82) is 0 Å². The summed E-state index contributed by atoms with van der Waals surface area (Å²) in [6.07, 6.45) is 11.9. The Labute approximate surface area is 167 Å². The molecule has 0 bridgehead atoms. The summed E-state index contributed by atoms with van der Waals surface area (Å²) >= 11 is 0. The van der Waals surface area contributed by atoms with Crippen molar-refractivity contribution in [3.63, 3.8) is 0 Å². The van der Waals surface area contributed by atoms with Gasteiger partial charge in [-0.15, -0.1) is 0 Å². The van der Waals surface area contributed by atoms with Crippen LogP contribution < -0.4 is 4.90 Å². The standard InChI is InChI=1S/C23H30N4O/c1-2-3-15-27-19-10-6-13-24-21(19)26-14-7-11-20(26)23(27)12-16-25(17-23)22(28)18-8-4-5-9-18/h6-7,10-11,13-14,18H,2-5,8-9,12,15-17H2,1H3/t23-/m0/s1. The SMILES string of the molecule is CCCCN1c2cccnc2-n2cccc2[C@@]12CCN(C(=O)C1CCCC1)C2. The van der Waals surface area contributed by atoms with Crippen LogP contribution in [0.5, 0.6) is 0 Å². The number of pyridine rings is 1. The first kappa shape index (κ1) is 17.8. The molecular formula is C23H30N4O. The molecule has 2 aromatic rings. The second-order valence-corrected chi connectivity index (χ2v) is 8.64. The number of hydrogen-bond donors (Lipinski definition) is 0. The van der Waals surface area contributed by atoms with E-state index in [2.05, 4.69) is 45.7 Å². The zero-order chi connectivity index (χ0) is 19.1. The lowest BCUT2D eigenvalue weighted by Gasteiger charge is -2.47. The Morgan fingerprint density at radius 2 is 2.11 bits per heavy atom. The van der Waals surface area contributed by atoms with Crippen molar-refractivity contribution in [3.8, 4) is 5.82 Å². The first-order valence-corrected chi connectivity index (χ1v) is 10.9. The molecule has 3 aliphatic rings. The van der Waals surface area contributed by atoms with E-state index in [1.165, 1.54) is 24.2 Å². The van der Waals surface area contributed by atoms with Gasteiger partial charge in [0.25, 0.3) is 0 Å². The maximum atomic E-state index is 13.2. The van der Waals surface area contributed by atoms with Crippen molar-refractivity contribution in [2.75, 3.05) is 24.5 Å². The number of carbonyl (C=O) groups excluding carboxylic acids is 1. The Balaban J connectivity index is 1.54. The number of unbranched alkanes of at least 4 members (excludes halogenated alkanes) is 1. The summed E-state index contributed by atoms with van der Waals surface area (Å²) < 4.78 is 2.25. The number of likely N-dealkylation sites (tertiary alicyclic amines) is 1. The first-order chi connectivity index (χ1) is 13.7. The van der Waals surface area contributed by atoms with Crippen LogP contribution >= 0.6 is 0 Å². The molecule has 0 aromatic carbocycles. The predicted octanol–water partition coefficient (Wildman–Crippen LogP) is 4.11. The van der Waals surface area contributed by atoms with E-state index in [0.29, 0.717) is 5.91 Å². The molecule has 5 rings (SSSR count). The minimum Gasteiger partial charge on any atom is -0.355 e. The van der Waals surface area contributed by atoms with Crippen LogP contribution in [-0.4, -0.2) is 40.0 Å². The minimum absolute atomic E-state index is 0.136. The molecule has 2 aliphatic heterocycles. The highest BCUT2D eigenvalue weighted by Crippen LogP contribution is 2.47. The zero-order valence-corrected chi connectivity index (χ0v) is 16.8. The van der Waals surface area contributed by atoms with Crippen LogP contribution in [0.4, 0.5) is 5.69 Å². The van der Waals surface area contributed by atoms with Crippen molar-refractivity contribution in [3.05, 3.63) is 42.4 Å². The molecule has 2 fully saturated rings. The quantitative estimate of drug-likeness (QED) is 0.804. The second kappa shape index (κ2) is 6.94. The van der Waals surface area contributed by atoms with Gasteiger partial charge < -0.3 is 14.4 Å². The van der Waals surface area contributed by atoms with Crippen molar-refractivity contribution in [2.45, 2.75) is 57.4 Å². The van der Waals surface area contributed by atoms with Crippen LogP contribution in [-0.2, 0) is 10.3 Å². The molecule has 1 atom stereocenters. The lowest BCUT2D eigenvalue weighted by molar-refractivity contribution is -0.134. The molecule has 2 aromatic heterocycles. The fraction of sp³-hybridized carbons (Fsp3) is 0.565. The highest BCUT2D eigenvalue weighted by Gasteiger charge is 2.51. The van der Waals surface area contributed by atoms with Gasteiger partial charge in [0.2, 0.25) is 5.91 Å². The molecule has 5 nitrogen and oxygen atoms in total. The number of aromatic nitrogens is 2. The lowest BCUT2D eigenvalue weighted by Crippen LogP contribution is -2.53. The van der Waals surface area contributed by atoms with Crippen LogP contribution in [0, 0.1) is 5.92 Å². The third kappa shape index (κ3) is 2.59. The largest absolute Gasteiger partial charge is 0.355 e. The topological polar surface area (TPSA) is 41.4 Å². The van der Waals surface area contributed by atoms with Gasteiger partial charge in [0, 0.05) is 37.9 Å². The van der Waals surface area contributed by atoms with E-state index < -0.39 is 0 Å². The Morgan fingerprint density at radius 3 is 2.93 bits per heavy atom. The van der Waals surface area contributed by atoms with E-state index in [9.17, 15) is 4.79 Å². The minimum atomic E-state index is -0.136. The van der Waals surface area contributed by atoms with Crippen LogP contribution in [0.15, 0.2) is 36.7 Å². The van der Waals surface area contributed by atoms with Crippen LogP contribution in [0.1, 0.15) is 57.6 Å². The van der Waals surface area contributed by atoms with Gasteiger partial charge in [-0.05, 0) is 49.9 Å². The number of hydrogen-bond acceptors (Lipinski definition) is 3. The van der Waals surface area contributed by atoms with Crippen molar-refractivity contribution in [2.24, 2.45) is 5.92 Å². The Morgan fingerprint density at radius 1 is 1.25 bits per heavy atom. The maximum absolute atomic E-state index is 13.2. The van der Waals surface area contributed by atoms with Gasteiger partial charge in [-0.3, -0.25) is 4.79 Å². The molecule has 148 valence electrons. The number of anilines is 1. The molecule has 1 amide bonds. The van der Waals surface area contributed by atoms with Crippen LogP contribution in [0.25, 0.3) is 5.82 Å². The highest BCUT2D eigenvalue weighted by molar-refractivity contribution is 5.80. The molecule has 4 heterocycles. The Bertz CT molecular complexity index is 869. The molecule has 1 aliphatic carbocycles. The maximum Gasteiger partial charge on any atom is 0.225 e. The molecule has 1 saturated carbocycles. The smallest absolute Gasteiger partial charge is 0.225 e. The molecule has 0 unspecified atom stereocenters. The number of fused-ring (bicyclic) bond motifs is 4. The third-order valence-electron chi connectivity index (χ3n) is 7.03. The monoisotopic (exact) mass is 378 g/mol. The van der Waals surface area contributed by atoms with E-state index in [1.807, 2.05) is 12.3 Å². The van der Waals surface area contributed by atoms with Gasteiger partial charge in [0.05, 0.1) is 11.4 Å². The lowest BCUT2D eigenvalue weighted by atomic mass is 9.88. The van der Waals surface area contributed by atoms with Crippen molar-refractivity contribution < 1.29 is 4.79 Å². The predicted molar refractivity (Wildman–Crippen MR) is 111 cm³/mol. The molecule has 1 spiro atoms. The van der Waals surface area contributed by atoms with Gasteiger partial charge in [-0.1, -0.05) is 26.2 Å². The second-order valence-electron chi connectivity index (χ2n) is 8.64. The summed E-state index contributed by atoms with van der Waals surface area (Å²) in [7, 11) is 0. The van der Waals surface area contributed by atoms with E-state index in [-0.39, 0.29) is 11.5 Å². The number of amides is 1. The summed E-state index contributed by atoms with van der Waals surface area (Å²) in [6, 6.07) is 8.60. The Kier molecular flexibility index (Phi) is 4.41. The summed E-state index contributed by atoms with van der Waals surface area (Å²) in [5.74, 6) is 1.66. The summed E-state index contributed by atoms with van der Waals surface area (Å²) in [5.41, 5.74) is 2.36. The highest BCUT2D eigenvalue weighted by atomic mass is 16.2. The Hall–Kier alpha value is -2.30. The molecule has 0 radical (unpaired) electrons. The fourth-order valence-corrected chi connectivity index (χ4v) is 5.59. The van der Waals surface area contributed by atoms with E-state index in [4.69, 9.17) is 4.98 Å². The number of rotatable bonds is 4. The first-order valence-electron chi connectivity index (χ1n) is 10.9. The number of carbonyl (C=O) groups is 1. The summed E-state index contributed by atoms with van der Waals surface area (Å²) in [4.78, 5) is 22.6. The fourth-order valence-electron chi connectivity index (χ4n) is 5.59. The molecular weight excluding hydrogens is 348 g/mol. The summed E-state index contributed by atoms with van der Waals surface area (Å²) in [6.45, 7) is 4.91. The summed E-state index contributed by atoms with van der Waals surface area (Å²) in [5, 5.41) is 0. The van der Waals surface area contributed by atoms with Gasteiger partial charge in [0.15, 0.2) is 5.82 Å². The normalized spacial score (nSPS) is 24.0. The molecule has 1 saturated heterocycles.